The monoisotopic (exact) mass is 311 g/mol. The quantitative estimate of drug-likeness (QED) is 0.856. The van der Waals surface area contributed by atoms with E-state index in [2.05, 4.69) is 20.0 Å². The molecule has 1 saturated heterocycles. The Bertz CT molecular complexity index is 626. The van der Waals surface area contributed by atoms with Gasteiger partial charge in [-0.3, -0.25) is 4.90 Å². The van der Waals surface area contributed by atoms with Crippen LogP contribution in [-0.2, 0) is 18.3 Å². The molecule has 0 N–H and O–H groups in total. The third-order valence-electron chi connectivity index (χ3n) is 3.90. The van der Waals surface area contributed by atoms with Gasteiger partial charge in [0.15, 0.2) is 5.82 Å². The largest absolute Gasteiger partial charge is 0.380 e. The SMILES string of the molecule is CO[C@H]1C[C@H](c2nc(C)no2)N(Cc2ncc(Cl)n2C)C1. The van der Waals surface area contributed by atoms with Gasteiger partial charge in [-0.25, -0.2) is 4.98 Å². The van der Waals surface area contributed by atoms with Crippen LogP contribution in [0, 0.1) is 6.92 Å². The number of rotatable bonds is 4. The van der Waals surface area contributed by atoms with Crippen LogP contribution < -0.4 is 0 Å². The van der Waals surface area contributed by atoms with Crippen molar-refractivity contribution in [1.29, 1.82) is 0 Å². The summed E-state index contributed by atoms with van der Waals surface area (Å²) in [7, 11) is 3.63. The van der Waals surface area contributed by atoms with Crippen molar-refractivity contribution >= 4 is 11.6 Å². The van der Waals surface area contributed by atoms with E-state index in [1.165, 1.54) is 0 Å². The van der Waals surface area contributed by atoms with E-state index in [1.807, 2.05) is 18.5 Å². The first-order valence-electron chi connectivity index (χ1n) is 6.81. The summed E-state index contributed by atoms with van der Waals surface area (Å²) >= 11 is 6.04. The van der Waals surface area contributed by atoms with Crippen LogP contribution >= 0.6 is 11.6 Å². The van der Waals surface area contributed by atoms with Crippen LogP contribution in [0.3, 0.4) is 0 Å². The summed E-state index contributed by atoms with van der Waals surface area (Å²) in [5.41, 5.74) is 0. The molecule has 0 bridgehead atoms. The normalized spacial score (nSPS) is 23.0. The highest BCUT2D eigenvalue weighted by atomic mass is 35.5. The lowest BCUT2D eigenvalue weighted by molar-refractivity contribution is 0.106. The average Bonchev–Trinajstić information content (AvgIpc) is 3.14. The second-order valence-corrected chi connectivity index (χ2v) is 5.66. The van der Waals surface area contributed by atoms with Gasteiger partial charge in [0.1, 0.15) is 11.0 Å². The Labute approximate surface area is 127 Å². The first kappa shape index (κ1) is 14.5. The second-order valence-electron chi connectivity index (χ2n) is 5.27. The van der Waals surface area contributed by atoms with Crippen LogP contribution in [0.15, 0.2) is 10.7 Å². The standard InChI is InChI=1S/C13H18ClN5O2/c1-8-16-13(21-17-8)10-4-9(20-3)6-19(10)7-12-15-5-11(14)18(12)2/h5,9-10H,4,6-7H2,1-3H3/t9-,10+/m0/s1. The molecule has 3 rings (SSSR count). The van der Waals surface area contributed by atoms with E-state index in [1.54, 1.807) is 13.3 Å². The Morgan fingerprint density at radius 3 is 2.90 bits per heavy atom. The van der Waals surface area contributed by atoms with Crippen LogP contribution in [0.4, 0.5) is 0 Å². The lowest BCUT2D eigenvalue weighted by Gasteiger charge is -2.20. The first-order chi connectivity index (χ1) is 10.1. The fourth-order valence-corrected chi connectivity index (χ4v) is 2.81. The molecule has 21 heavy (non-hydrogen) atoms. The zero-order valence-electron chi connectivity index (χ0n) is 12.3. The smallest absolute Gasteiger partial charge is 0.244 e. The number of hydrogen-bond donors (Lipinski definition) is 0. The van der Waals surface area contributed by atoms with Gasteiger partial charge in [0.25, 0.3) is 0 Å². The summed E-state index contributed by atoms with van der Waals surface area (Å²) < 4.78 is 12.7. The summed E-state index contributed by atoms with van der Waals surface area (Å²) in [5, 5.41) is 4.50. The molecule has 0 amide bonds. The Hall–Kier alpha value is -1.44. The number of imidazole rings is 1. The molecule has 0 unspecified atom stereocenters. The maximum Gasteiger partial charge on any atom is 0.244 e. The molecule has 2 aromatic heterocycles. The molecule has 0 saturated carbocycles. The van der Waals surface area contributed by atoms with Gasteiger partial charge in [0.2, 0.25) is 5.89 Å². The van der Waals surface area contributed by atoms with E-state index in [9.17, 15) is 0 Å². The van der Waals surface area contributed by atoms with Gasteiger partial charge < -0.3 is 13.8 Å². The number of methoxy groups -OCH3 is 1. The first-order valence-corrected chi connectivity index (χ1v) is 7.19. The fraction of sp³-hybridized carbons (Fsp3) is 0.615. The van der Waals surface area contributed by atoms with Gasteiger partial charge in [-0.15, -0.1) is 0 Å². The Kier molecular flexibility index (Phi) is 3.97. The van der Waals surface area contributed by atoms with E-state index in [0.717, 1.165) is 18.8 Å². The summed E-state index contributed by atoms with van der Waals surface area (Å²) in [4.78, 5) is 10.9. The Morgan fingerprint density at radius 2 is 2.33 bits per heavy atom. The molecule has 3 heterocycles. The molecule has 0 spiro atoms. The predicted molar refractivity (Wildman–Crippen MR) is 75.8 cm³/mol. The van der Waals surface area contributed by atoms with Crippen molar-refractivity contribution in [2.75, 3.05) is 13.7 Å². The number of ether oxygens (including phenoxy) is 1. The van der Waals surface area contributed by atoms with Gasteiger partial charge in [0.05, 0.1) is 24.9 Å². The van der Waals surface area contributed by atoms with Crippen molar-refractivity contribution in [3.8, 4) is 0 Å². The van der Waals surface area contributed by atoms with Crippen molar-refractivity contribution in [2.24, 2.45) is 7.05 Å². The summed E-state index contributed by atoms with van der Waals surface area (Å²) in [6.07, 6.45) is 2.64. The highest BCUT2D eigenvalue weighted by Gasteiger charge is 2.37. The Morgan fingerprint density at radius 1 is 1.52 bits per heavy atom. The van der Waals surface area contributed by atoms with Crippen molar-refractivity contribution < 1.29 is 9.26 Å². The molecular weight excluding hydrogens is 294 g/mol. The maximum atomic E-state index is 6.04. The van der Waals surface area contributed by atoms with Crippen LogP contribution in [0.5, 0.6) is 0 Å². The fourth-order valence-electron chi connectivity index (χ4n) is 2.67. The number of nitrogens with zero attached hydrogens (tertiary/aromatic N) is 5. The minimum atomic E-state index is 0.0478. The average molecular weight is 312 g/mol. The lowest BCUT2D eigenvalue weighted by Crippen LogP contribution is -2.26. The van der Waals surface area contributed by atoms with E-state index >= 15 is 0 Å². The number of halogens is 1. The molecule has 1 aliphatic rings. The second kappa shape index (κ2) is 5.75. The molecule has 0 aromatic carbocycles. The molecular formula is C13H18ClN5O2. The van der Waals surface area contributed by atoms with E-state index in [4.69, 9.17) is 20.9 Å². The van der Waals surface area contributed by atoms with Gasteiger partial charge >= 0.3 is 0 Å². The van der Waals surface area contributed by atoms with Crippen molar-refractivity contribution in [3.63, 3.8) is 0 Å². The highest BCUT2D eigenvalue weighted by molar-refractivity contribution is 6.29. The van der Waals surface area contributed by atoms with E-state index in [0.29, 0.717) is 23.4 Å². The molecule has 114 valence electrons. The Balaban J connectivity index is 1.82. The molecule has 0 aliphatic carbocycles. The molecule has 1 fully saturated rings. The summed E-state index contributed by atoms with van der Waals surface area (Å²) in [6, 6.07) is 0.0478. The summed E-state index contributed by atoms with van der Waals surface area (Å²) in [6.45, 7) is 3.28. The van der Waals surface area contributed by atoms with Gasteiger partial charge in [-0.1, -0.05) is 16.8 Å². The van der Waals surface area contributed by atoms with Crippen LogP contribution in [0.1, 0.15) is 30.0 Å². The predicted octanol–water partition coefficient (Wildman–Crippen LogP) is 1.73. The van der Waals surface area contributed by atoms with Crippen LogP contribution in [0.2, 0.25) is 5.15 Å². The molecule has 0 radical (unpaired) electrons. The maximum absolute atomic E-state index is 6.04. The summed E-state index contributed by atoms with van der Waals surface area (Å²) in [5.74, 6) is 2.18. The van der Waals surface area contributed by atoms with Gasteiger partial charge in [-0.2, -0.15) is 4.98 Å². The van der Waals surface area contributed by atoms with Gasteiger partial charge in [-0.05, 0) is 13.3 Å². The number of aromatic nitrogens is 4. The van der Waals surface area contributed by atoms with Crippen LogP contribution in [-0.4, -0.2) is 44.4 Å². The minimum Gasteiger partial charge on any atom is -0.380 e. The zero-order chi connectivity index (χ0) is 15.0. The topological polar surface area (TPSA) is 69.2 Å². The van der Waals surface area contributed by atoms with Crippen molar-refractivity contribution in [2.45, 2.75) is 32.0 Å². The van der Waals surface area contributed by atoms with Gasteiger partial charge in [0, 0.05) is 20.7 Å². The molecule has 8 heteroatoms. The third kappa shape index (κ3) is 2.81. The molecule has 1 aliphatic heterocycles. The van der Waals surface area contributed by atoms with E-state index < -0.39 is 0 Å². The lowest BCUT2D eigenvalue weighted by atomic mass is 10.2. The van der Waals surface area contributed by atoms with Crippen LogP contribution in [0.25, 0.3) is 0 Å². The van der Waals surface area contributed by atoms with E-state index in [-0.39, 0.29) is 12.1 Å². The molecule has 2 aromatic rings. The number of hydrogen-bond acceptors (Lipinski definition) is 6. The number of aryl methyl sites for hydroxylation is 1. The minimum absolute atomic E-state index is 0.0478. The third-order valence-corrected chi connectivity index (χ3v) is 4.25. The highest BCUT2D eigenvalue weighted by Crippen LogP contribution is 2.33. The van der Waals surface area contributed by atoms with Crippen molar-refractivity contribution in [3.05, 3.63) is 28.9 Å². The number of likely N-dealkylation sites (tertiary alicyclic amines) is 1. The zero-order valence-corrected chi connectivity index (χ0v) is 13.0. The molecule has 7 nitrogen and oxygen atoms in total. The molecule has 2 atom stereocenters. The van der Waals surface area contributed by atoms with Crippen molar-refractivity contribution in [1.82, 2.24) is 24.6 Å².